The van der Waals surface area contributed by atoms with Crippen molar-refractivity contribution in [2.24, 2.45) is 0 Å². The van der Waals surface area contributed by atoms with Crippen LogP contribution in [0.4, 0.5) is 0 Å². The third kappa shape index (κ3) is 4.22. The number of ether oxygens (including phenoxy) is 2. The summed E-state index contributed by atoms with van der Waals surface area (Å²) in [5.74, 6) is 1.01. The van der Waals surface area contributed by atoms with Gasteiger partial charge in [-0.25, -0.2) is 0 Å². The monoisotopic (exact) mass is 263 g/mol. The zero-order valence-corrected chi connectivity index (χ0v) is 12.5. The largest absolute Gasteiger partial charge is 0.492 e. The number of morpholine rings is 1. The topological polar surface area (TPSA) is 21.7 Å². The summed E-state index contributed by atoms with van der Waals surface area (Å²) in [7, 11) is 0. The van der Waals surface area contributed by atoms with Crippen LogP contribution >= 0.6 is 0 Å². The van der Waals surface area contributed by atoms with Crippen LogP contribution in [-0.2, 0) is 4.74 Å². The van der Waals surface area contributed by atoms with Gasteiger partial charge in [0.2, 0.25) is 0 Å². The fourth-order valence-electron chi connectivity index (χ4n) is 2.61. The van der Waals surface area contributed by atoms with Crippen LogP contribution in [0.1, 0.15) is 25.0 Å². The molecule has 1 aromatic carbocycles. The van der Waals surface area contributed by atoms with Crippen molar-refractivity contribution >= 4 is 0 Å². The fraction of sp³-hybridized carbons (Fsp3) is 0.625. The summed E-state index contributed by atoms with van der Waals surface area (Å²) in [5, 5.41) is 0. The molecule has 1 fully saturated rings. The van der Waals surface area contributed by atoms with Crippen molar-refractivity contribution in [1.82, 2.24) is 4.90 Å². The Labute approximate surface area is 116 Å². The lowest BCUT2D eigenvalue weighted by atomic mass is 10.1. The number of rotatable bonds is 4. The van der Waals surface area contributed by atoms with Gasteiger partial charge in [-0.2, -0.15) is 0 Å². The first-order valence-corrected chi connectivity index (χ1v) is 7.12. The van der Waals surface area contributed by atoms with Crippen molar-refractivity contribution in [3.8, 4) is 5.75 Å². The molecule has 2 rings (SSSR count). The molecular weight excluding hydrogens is 238 g/mol. The molecule has 106 valence electrons. The van der Waals surface area contributed by atoms with Crippen molar-refractivity contribution in [3.63, 3.8) is 0 Å². The number of hydrogen-bond donors (Lipinski definition) is 0. The van der Waals surface area contributed by atoms with Crippen molar-refractivity contribution in [1.29, 1.82) is 0 Å². The zero-order valence-electron chi connectivity index (χ0n) is 12.5. The highest BCUT2D eigenvalue weighted by Gasteiger charge is 2.21. The number of aryl methyl sites for hydroxylation is 2. The normalized spacial score (nSPS) is 24.4. The van der Waals surface area contributed by atoms with E-state index in [0.717, 1.165) is 32.0 Å². The van der Waals surface area contributed by atoms with E-state index in [1.807, 2.05) is 0 Å². The summed E-state index contributed by atoms with van der Waals surface area (Å²) in [6.07, 6.45) is 0.647. The van der Waals surface area contributed by atoms with Crippen LogP contribution in [0.2, 0.25) is 0 Å². The Morgan fingerprint density at radius 3 is 2.58 bits per heavy atom. The molecule has 0 bridgehead atoms. The summed E-state index contributed by atoms with van der Waals surface area (Å²) >= 11 is 0. The van der Waals surface area contributed by atoms with Crippen LogP contribution in [-0.4, -0.2) is 43.3 Å². The molecule has 1 saturated heterocycles. The second-order valence-corrected chi connectivity index (χ2v) is 5.63. The molecular formula is C16H25NO2. The standard InChI is InChI=1S/C16H25NO2/c1-12-5-6-13(2)16(9-12)18-8-7-17-10-14(3)19-15(4)11-17/h5-6,9,14-15H,7-8,10-11H2,1-4H3. The smallest absolute Gasteiger partial charge is 0.122 e. The van der Waals surface area contributed by atoms with Gasteiger partial charge in [0, 0.05) is 19.6 Å². The third-order valence-electron chi connectivity index (χ3n) is 3.50. The number of benzene rings is 1. The van der Waals surface area contributed by atoms with Crippen molar-refractivity contribution in [3.05, 3.63) is 29.3 Å². The van der Waals surface area contributed by atoms with E-state index < -0.39 is 0 Å². The Balaban J connectivity index is 1.81. The molecule has 2 unspecified atom stereocenters. The van der Waals surface area contributed by atoms with E-state index in [-0.39, 0.29) is 0 Å². The Bertz CT molecular complexity index is 409. The van der Waals surface area contributed by atoms with Gasteiger partial charge in [0.1, 0.15) is 12.4 Å². The predicted molar refractivity (Wildman–Crippen MR) is 77.9 cm³/mol. The molecule has 3 heteroatoms. The Kier molecular flexibility index (Phi) is 4.83. The summed E-state index contributed by atoms with van der Waals surface area (Å²) < 4.78 is 11.6. The number of hydrogen-bond acceptors (Lipinski definition) is 3. The van der Waals surface area contributed by atoms with Gasteiger partial charge in [-0.3, -0.25) is 4.90 Å². The molecule has 0 radical (unpaired) electrons. The first-order chi connectivity index (χ1) is 9.04. The zero-order chi connectivity index (χ0) is 13.8. The average molecular weight is 263 g/mol. The lowest BCUT2D eigenvalue weighted by Gasteiger charge is -2.35. The molecule has 1 aliphatic heterocycles. The van der Waals surface area contributed by atoms with Gasteiger partial charge in [-0.1, -0.05) is 12.1 Å². The molecule has 3 nitrogen and oxygen atoms in total. The molecule has 19 heavy (non-hydrogen) atoms. The minimum absolute atomic E-state index is 0.324. The van der Waals surface area contributed by atoms with Crippen LogP contribution in [0.15, 0.2) is 18.2 Å². The van der Waals surface area contributed by atoms with Crippen LogP contribution < -0.4 is 4.74 Å². The van der Waals surface area contributed by atoms with Gasteiger partial charge >= 0.3 is 0 Å². The van der Waals surface area contributed by atoms with Crippen molar-refractivity contribution in [2.45, 2.75) is 39.9 Å². The number of nitrogens with zero attached hydrogens (tertiary/aromatic N) is 1. The van der Waals surface area contributed by atoms with Crippen LogP contribution in [0.5, 0.6) is 5.75 Å². The molecule has 0 aromatic heterocycles. The molecule has 0 spiro atoms. The lowest BCUT2D eigenvalue weighted by Crippen LogP contribution is -2.46. The van der Waals surface area contributed by atoms with Gasteiger partial charge in [-0.15, -0.1) is 0 Å². The molecule has 1 heterocycles. The summed E-state index contributed by atoms with van der Waals surface area (Å²) in [6.45, 7) is 12.2. The van der Waals surface area contributed by atoms with Crippen LogP contribution in [0, 0.1) is 13.8 Å². The van der Waals surface area contributed by atoms with Gasteiger partial charge < -0.3 is 9.47 Å². The maximum Gasteiger partial charge on any atom is 0.122 e. The van der Waals surface area contributed by atoms with E-state index in [9.17, 15) is 0 Å². The van der Waals surface area contributed by atoms with E-state index in [2.05, 4.69) is 50.8 Å². The van der Waals surface area contributed by atoms with Gasteiger partial charge in [0.05, 0.1) is 12.2 Å². The minimum atomic E-state index is 0.324. The molecule has 2 atom stereocenters. The maximum atomic E-state index is 5.91. The third-order valence-corrected chi connectivity index (χ3v) is 3.50. The average Bonchev–Trinajstić information content (AvgIpc) is 2.32. The van der Waals surface area contributed by atoms with Gasteiger partial charge in [0.25, 0.3) is 0 Å². The molecule has 0 saturated carbocycles. The molecule has 0 amide bonds. The Morgan fingerprint density at radius 1 is 1.21 bits per heavy atom. The second-order valence-electron chi connectivity index (χ2n) is 5.63. The lowest BCUT2D eigenvalue weighted by molar-refractivity contribution is -0.0699. The predicted octanol–water partition coefficient (Wildman–Crippen LogP) is 2.79. The molecule has 0 N–H and O–H groups in total. The minimum Gasteiger partial charge on any atom is -0.492 e. The Morgan fingerprint density at radius 2 is 1.89 bits per heavy atom. The molecule has 1 aromatic rings. The van der Waals surface area contributed by atoms with Crippen LogP contribution in [0.3, 0.4) is 0 Å². The van der Waals surface area contributed by atoms with E-state index in [0.29, 0.717) is 12.2 Å². The highest BCUT2D eigenvalue weighted by atomic mass is 16.5. The maximum absolute atomic E-state index is 5.91. The second kappa shape index (κ2) is 6.40. The highest BCUT2D eigenvalue weighted by Crippen LogP contribution is 2.19. The fourth-order valence-corrected chi connectivity index (χ4v) is 2.61. The van der Waals surface area contributed by atoms with E-state index in [4.69, 9.17) is 9.47 Å². The quantitative estimate of drug-likeness (QED) is 0.834. The Hall–Kier alpha value is -1.06. The highest BCUT2D eigenvalue weighted by molar-refractivity contribution is 5.35. The SMILES string of the molecule is Cc1ccc(C)c(OCCN2CC(C)OC(C)C2)c1. The van der Waals surface area contributed by atoms with E-state index in [1.165, 1.54) is 11.1 Å². The summed E-state index contributed by atoms with van der Waals surface area (Å²) in [6, 6.07) is 6.34. The molecule has 1 aliphatic rings. The first-order valence-electron chi connectivity index (χ1n) is 7.12. The first kappa shape index (κ1) is 14.4. The molecule has 0 aliphatic carbocycles. The van der Waals surface area contributed by atoms with Gasteiger partial charge in [-0.05, 0) is 44.9 Å². The van der Waals surface area contributed by atoms with E-state index >= 15 is 0 Å². The summed E-state index contributed by atoms with van der Waals surface area (Å²) in [4.78, 5) is 2.42. The van der Waals surface area contributed by atoms with E-state index in [1.54, 1.807) is 0 Å². The van der Waals surface area contributed by atoms with Crippen molar-refractivity contribution in [2.75, 3.05) is 26.2 Å². The van der Waals surface area contributed by atoms with Crippen molar-refractivity contribution < 1.29 is 9.47 Å². The van der Waals surface area contributed by atoms with Crippen LogP contribution in [0.25, 0.3) is 0 Å². The summed E-state index contributed by atoms with van der Waals surface area (Å²) in [5.41, 5.74) is 2.45. The van der Waals surface area contributed by atoms with Gasteiger partial charge in [0.15, 0.2) is 0 Å².